The quantitative estimate of drug-likeness (QED) is 0.822. The van der Waals surface area contributed by atoms with E-state index in [9.17, 15) is 5.11 Å². The maximum Gasteiger partial charge on any atom is 0.162 e. The van der Waals surface area contributed by atoms with Crippen molar-refractivity contribution in [2.75, 3.05) is 20.0 Å². The number of benzene rings is 2. The SMILES string of the molecule is COc1cc(N)c(C(O)Cc2ccccc2)cc1OC. The molecule has 4 heteroatoms. The Hall–Kier alpha value is -2.20. The number of rotatable bonds is 5. The van der Waals surface area contributed by atoms with E-state index in [-0.39, 0.29) is 0 Å². The van der Waals surface area contributed by atoms with Gasteiger partial charge in [0.25, 0.3) is 0 Å². The first kappa shape index (κ1) is 14.2. The lowest BCUT2D eigenvalue weighted by atomic mass is 9.99. The second-order valence-electron chi connectivity index (χ2n) is 4.54. The van der Waals surface area contributed by atoms with Crippen molar-refractivity contribution in [1.29, 1.82) is 0 Å². The van der Waals surface area contributed by atoms with E-state index in [1.807, 2.05) is 30.3 Å². The van der Waals surface area contributed by atoms with Gasteiger partial charge in [-0.25, -0.2) is 0 Å². The van der Waals surface area contributed by atoms with Gasteiger partial charge in [0.05, 0.1) is 20.3 Å². The highest BCUT2D eigenvalue weighted by Crippen LogP contribution is 2.35. The molecule has 0 bridgehead atoms. The molecule has 3 N–H and O–H groups in total. The Balaban J connectivity index is 2.27. The average molecular weight is 273 g/mol. The molecule has 2 aromatic rings. The summed E-state index contributed by atoms with van der Waals surface area (Å²) in [4.78, 5) is 0. The summed E-state index contributed by atoms with van der Waals surface area (Å²) in [7, 11) is 3.11. The van der Waals surface area contributed by atoms with E-state index in [0.29, 0.717) is 29.2 Å². The predicted octanol–water partition coefficient (Wildman–Crippen LogP) is 2.56. The van der Waals surface area contributed by atoms with E-state index in [1.54, 1.807) is 26.4 Å². The van der Waals surface area contributed by atoms with Gasteiger partial charge in [0.2, 0.25) is 0 Å². The molecule has 106 valence electrons. The topological polar surface area (TPSA) is 64.7 Å². The smallest absolute Gasteiger partial charge is 0.162 e. The van der Waals surface area contributed by atoms with Gasteiger partial charge >= 0.3 is 0 Å². The number of anilines is 1. The lowest BCUT2D eigenvalue weighted by molar-refractivity contribution is 0.178. The van der Waals surface area contributed by atoms with Crippen molar-refractivity contribution in [2.24, 2.45) is 0 Å². The van der Waals surface area contributed by atoms with E-state index >= 15 is 0 Å². The van der Waals surface area contributed by atoms with Crippen LogP contribution in [0.2, 0.25) is 0 Å². The molecule has 20 heavy (non-hydrogen) atoms. The summed E-state index contributed by atoms with van der Waals surface area (Å²) < 4.78 is 10.4. The minimum atomic E-state index is -0.683. The molecule has 4 nitrogen and oxygen atoms in total. The Bertz CT molecular complexity index is 569. The van der Waals surface area contributed by atoms with Crippen LogP contribution in [0.4, 0.5) is 5.69 Å². The predicted molar refractivity (Wildman–Crippen MR) is 79.1 cm³/mol. The van der Waals surface area contributed by atoms with Crippen LogP contribution in [0.25, 0.3) is 0 Å². The molecule has 1 unspecified atom stereocenters. The van der Waals surface area contributed by atoms with Gasteiger partial charge in [0.1, 0.15) is 0 Å². The number of methoxy groups -OCH3 is 2. The van der Waals surface area contributed by atoms with Crippen molar-refractivity contribution in [3.05, 3.63) is 53.6 Å². The molecule has 0 aliphatic carbocycles. The minimum Gasteiger partial charge on any atom is -0.493 e. The van der Waals surface area contributed by atoms with Crippen LogP contribution in [-0.4, -0.2) is 19.3 Å². The molecule has 0 aromatic heterocycles. The fourth-order valence-corrected chi connectivity index (χ4v) is 2.15. The van der Waals surface area contributed by atoms with Gasteiger partial charge in [-0.3, -0.25) is 0 Å². The molecule has 0 radical (unpaired) electrons. The molecule has 0 amide bonds. The van der Waals surface area contributed by atoms with Gasteiger partial charge in [-0.2, -0.15) is 0 Å². The highest BCUT2D eigenvalue weighted by molar-refractivity contribution is 5.58. The monoisotopic (exact) mass is 273 g/mol. The Morgan fingerprint density at radius 1 is 1.05 bits per heavy atom. The van der Waals surface area contributed by atoms with Gasteiger partial charge in [-0.1, -0.05) is 30.3 Å². The van der Waals surface area contributed by atoms with Crippen LogP contribution in [0, 0.1) is 0 Å². The van der Waals surface area contributed by atoms with E-state index in [4.69, 9.17) is 15.2 Å². The Kier molecular flexibility index (Phi) is 4.48. The Morgan fingerprint density at radius 3 is 2.25 bits per heavy atom. The zero-order valence-electron chi connectivity index (χ0n) is 11.7. The first-order chi connectivity index (χ1) is 9.65. The van der Waals surface area contributed by atoms with Crippen molar-refractivity contribution < 1.29 is 14.6 Å². The third-order valence-corrected chi connectivity index (χ3v) is 3.22. The zero-order chi connectivity index (χ0) is 14.5. The van der Waals surface area contributed by atoms with Crippen LogP contribution in [0.5, 0.6) is 11.5 Å². The summed E-state index contributed by atoms with van der Waals surface area (Å²) in [5, 5.41) is 10.4. The molecule has 0 aliphatic heterocycles. The van der Waals surface area contributed by atoms with Crippen molar-refractivity contribution in [3.63, 3.8) is 0 Å². The molecule has 1 atom stereocenters. The van der Waals surface area contributed by atoms with Crippen LogP contribution < -0.4 is 15.2 Å². The first-order valence-electron chi connectivity index (χ1n) is 6.39. The van der Waals surface area contributed by atoms with E-state index in [1.165, 1.54) is 0 Å². The number of hydrogen-bond donors (Lipinski definition) is 2. The average Bonchev–Trinajstić information content (AvgIpc) is 2.47. The summed E-state index contributed by atoms with van der Waals surface area (Å²) in [6, 6.07) is 13.2. The molecule has 2 aromatic carbocycles. The van der Waals surface area contributed by atoms with Crippen LogP contribution in [0.15, 0.2) is 42.5 Å². The zero-order valence-corrected chi connectivity index (χ0v) is 11.7. The van der Waals surface area contributed by atoms with E-state index in [2.05, 4.69) is 0 Å². The minimum absolute atomic E-state index is 0.492. The number of hydrogen-bond acceptors (Lipinski definition) is 4. The third kappa shape index (κ3) is 3.03. The fraction of sp³-hybridized carbons (Fsp3) is 0.250. The number of aliphatic hydroxyl groups excluding tert-OH is 1. The molecular weight excluding hydrogens is 254 g/mol. The number of nitrogens with two attached hydrogens (primary N) is 1. The van der Waals surface area contributed by atoms with Crippen LogP contribution in [-0.2, 0) is 6.42 Å². The summed E-state index contributed by atoms with van der Waals surface area (Å²) in [6.45, 7) is 0. The molecular formula is C16H19NO3. The third-order valence-electron chi connectivity index (χ3n) is 3.22. The largest absolute Gasteiger partial charge is 0.493 e. The van der Waals surface area contributed by atoms with Crippen molar-refractivity contribution in [3.8, 4) is 11.5 Å². The molecule has 0 saturated carbocycles. The van der Waals surface area contributed by atoms with Crippen LogP contribution in [0.1, 0.15) is 17.2 Å². The molecule has 0 saturated heterocycles. The maximum absolute atomic E-state index is 10.4. The summed E-state index contributed by atoms with van der Waals surface area (Å²) >= 11 is 0. The summed E-state index contributed by atoms with van der Waals surface area (Å²) in [6.07, 6.45) is -0.183. The van der Waals surface area contributed by atoms with Crippen molar-refractivity contribution >= 4 is 5.69 Å². The Labute approximate surface area is 118 Å². The van der Waals surface area contributed by atoms with E-state index < -0.39 is 6.10 Å². The van der Waals surface area contributed by atoms with Gasteiger partial charge in [-0.05, 0) is 11.6 Å². The normalized spacial score (nSPS) is 11.9. The fourth-order valence-electron chi connectivity index (χ4n) is 2.15. The molecule has 0 aliphatic rings. The van der Waals surface area contributed by atoms with Gasteiger partial charge in [-0.15, -0.1) is 0 Å². The molecule has 2 rings (SSSR count). The Morgan fingerprint density at radius 2 is 1.65 bits per heavy atom. The number of nitrogen functional groups attached to an aromatic ring is 1. The first-order valence-corrected chi connectivity index (χ1v) is 6.39. The highest BCUT2D eigenvalue weighted by Gasteiger charge is 2.16. The molecule has 0 heterocycles. The van der Waals surface area contributed by atoms with Crippen LogP contribution in [0.3, 0.4) is 0 Å². The second kappa shape index (κ2) is 6.30. The van der Waals surface area contributed by atoms with Gasteiger partial charge < -0.3 is 20.3 Å². The van der Waals surface area contributed by atoms with Crippen molar-refractivity contribution in [1.82, 2.24) is 0 Å². The van der Waals surface area contributed by atoms with Crippen LogP contribution >= 0.6 is 0 Å². The lowest BCUT2D eigenvalue weighted by Crippen LogP contribution is -2.06. The maximum atomic E-state index is 10.4. The number of ether oxygens (including phenoxy) is 2. The number of aliphatic hydroxyl groups is 1. The molecule has 0 spiro atoms. The van der Waals surface area contributed by atoms with E-state index in [0.717, 1.165) is 5.56 Å². The highest BCUT2D eigenvalue weighted by atomic mass is 16.5. The van der Waals surface area contributed by atoms with Gasteiger partial charge in [0, 0.05) is 23.7 Å². The van der Waals surface area contributed by atoms with Crippen molar-refractivity contribution in [2.45, 2.75) is 12.5 Å². The second-order valence-corrected chi connectivity index (χ2v) is 4.54. The summed E-state index contributed by atoms with van der Waals surface area (Å²) in [5.74, 6) is 1.12. The standard InChI is InChI=1S/C16H19NO3/c1-19-15-9-12(13(17)10-16(15)20-2)14(18)8-11-6-4-3-5-7-11/h3-7,9-10,14,18H,8,17H2,1-2H3. The summed E-state index contributed by atoms with van der Waals surface area (Å²) in [5.41, 5.74) is 8.17. The molecule has 0 fully saturated rings. The van der Waals surface area contributed by atoms with Gasteiger partial charge in [0.15, 0.2) is 11.5 Å². The lowest BCUT2D eigenvalue weighted by Gasteiger charge is -2.17.